The van der Waals surface area contributed by atoms with Crippen molar-refractivity contribution >= 4 is 17.6 Å². The van der Waals surface area contributed by atoms with E-state index in [2.05, 4.69) is 11.9 Å². The van der Waals surface area contributed by atoms with Crippen LogP contribution in [0.4, 0.5) is 5.69 Å². The molecule has 1 aliphatic heterocycles. The van der Waals surface area contributed by atoms with E-state index in [0.29, 0.717) is 11.1 Å². The van der Waals surface area contributed by atoms with Crippen LogP contribution >= 0.6 is 0 Å². The van der Waals surface area contributed by atoms with E-state index in [-0.39, 0.29) is 17.5 Å². The number of hydrogen-bond donors (Lipinski definition) is 2. The van der Waals surface area contributed by atoms with Crippen LogP contribution in [0.2, 0.25) is 0 Å². The number of nitrogens with zero attached hydrogens (tertiary/aromatic N) is 2. The van der Waals surface area contributed by atoms with Gasteiger partial charge in [0.05, 0.1) is 28.6 Å². The first-order valence-electron chi connectivity index (χ1n) is 10.2. The van der Waals surface area contributed by atoms with Gasteiger partial charge in [0, 0.05) is 6.54 Å². The summed E-state index contributed by atoms with van der Waals surface area (Å²) >= 11 is 0. The molecule has 0 amide bonds. The molecule has 0 saturated carbocycles. The van der Waals surface area contributed by atoms with Crippen LogP contribution in [0.25, 0.3) is 11.1 Å². The summed E-state index contributed by atoms with van der Waals surface area (Å²) in [7, 11) is 0. The SMILES string of the molecule is CCCN1C(C)C(C(=O)O)=C(C(C)C)N1c1ccc(-c2ccccc2C(=O)O)cc1. The zero-order valence-electron chi connectivity index (χ0n) is 17.8. The lowest BCUT2D eigenvalue weighted by atomic mass is 9.99. The molecule has 1 aliphatic rings. The van der Waals surface area contributed by atoms with Crippen molar-refractivity contribution in [3.63, 3.8) is 0 Å². The van der Waals surface area contributed by atoms with E-state index >= 15 is 0 Å². The molecule has 6 heteroatoms. The normalized spacial score (nSPS) is 17.1. The Hall–Kier alpha value is -3.12. The van der Waals surface area contributed by atoms with Crippen LogP contribution in [0.3, 0.4) is 0 Å². The molecule has 0 saturated heterocycles. The summed E-state index contributed by atoms with van der Waals surface area (Å²) in [5.41, 5.74) is 3.80. The first kappa shape index (κ1) is 21.6. The zero-order valence-corrected chi connectivity index (χ0v) is 17.8. The molecule has 30 heavy (non-hydrogen) atoms. The Balaban J connectivity index is 2.07. The molecule has 0 bridgehead atoms. The molecule has 2 N–H and O–H groups in total. The van der Waals surface area contributed by atoms with Gasteiger partial charge >= 0.3 is 11.9 Å². The van der Waals surface area contributed by atoms with Gasteiger partial charge in [0.25, 0.3) is 0 Å². The first-order valence-corrected chi connectivity index (χ1v) is 10.2. The summed E-state index contributed by atoms with van der Waals surface area (Å²) in [5.74, 6) is -1.82. The number of aliphatic carboxylic acids is 1. The summed E-state index contributed by atoms with van der Waals surface area (Å²) < 4.78 is 0. The van der Waals surface area contributed by atoms with Crippen molar-refractivity contribution < 1.29 is 19.8 Å². The van der Waals surface area contributed by atoms with Crippen LogP contribution in [0.5, 0.6) is 0 Å². The third-order valence-corrected chi connectivity index (χ3v) is 5.44. The molecule has 158 valence electrons. The van der Waals surface area contributed by atoms with Crippen LogP contribution in [0.1, 0.15) is 44.5 Å². The summed E-state index contributed by atoms with van der Waals surface area (Å²) in [6, 6.07) is 14.3. The van der Waals surface area contributed by atoms with Gasteiger partial charge in [-0.3, -0.25) is 5.01 Å². The number of rotatable bonds is 7. The lowest BCUT2D eigenvalue weighted by molar-refractivity contribution is -0.133. The maximum absolute atomic E-state index is 12.0. The predicted molar refractivity (Wildman–Crippen MR) is 117 cm³/mol. The minimum Gasteiger partial charge on any atom is -0.478 e. The molecular weight excluding hydrogens is 380 g/mol. The second-order valence-corrected chi connectivity index (χ2v) is 7.81. The Kier molecular flexibility index (Phi) is 6.27. The fraction of sp³-hybridized carbons (Fsp3) is 0.333. The number of hydrazine groups is 1. The summed E-state index contributed by atoms with van der Waals surface area (Å²) in [6.45, 7) is 8.75. The molecule has 1 heterocycles. The van der Waals surface area contributed by atoms with E-state index in [0.717, 1.165) is 29.9 Å². The van der Waals surface area contributed by atoms with Gasteiger partial charge in [-0.25, -0.2) is 14.6 Å². The average Bonchev–Trinajstić information content (AvgIpc) is 3.01. The molecule has 0 aliphatic carbocycles. The van der Waals surface area contributed by atoms with Crippen molar-refractivity contribution in [1.82, 2.24) is 5.01 Å². The van der Waals surface area contributed by atoms with Crippen LogP contribution in [-0.4, -0.2) is 39.7 Å². The number of aromatic carboxylic acids is 1. The zero-order chi connectivity index (χ0) is 22.0. The third-order valence-electron chi connectivity index (χ3n) is 5.44. The second-order valence-electron chi connectivity index (χ2n) is 7.81. The molecule has 3 rings (SSSR count). The highest BCUT2D eigenvalue weighted by molar-refractivity contribution is 5.96. The third kappa shape index (κ3) is 3.83. The molecule has 6 nitrogen and oxygen atoms in total. The number of benzene rings is 2. The van der Waals surface area contributed by atoms with Crippen LogP contribution < -0.4 is 5.01 Å². The van der Waals surface area contributed by atoms with Crippen LogP contribution in [0.15, 0.2) is 59.8 Å². The smallest absolute Gasteiger partial charge is 0.336 e. The highest BCUT2D eigenvalue weighted by Gasteiger charge is 2.40. The van der Waals surface area contributed by atoms with E-state index in [1.807, 2.05) is 56.1 Å². The van der Waals surface area contributed by atoms with Crippen molar-refractivity contribution in [2.24, 2.45) is 5.92 Å². The monoisotopic (exact) mass is 408 g/mol. The van der Waals surface area contributed by atoms with Gasteiger partial charge < -0.3 is 10.2 Å². The number of carboxylic acids is 2. The minimum atomic E-state index is -0.965. The maximum atomic E-state index is 12.0. The van der Waals surface area contributed by atoms with E-state index in [4.69, 9.17) is 0 Å². The Labute approximate surface area is 177 Å². The fourth-order valence-corrected chi connectivity index (χ4v) is 4.15. The van der Waals surface area contributed by atoms with Gasteiger partial charge in [-0.05, 0) is 48.6 Å². The highest BCUT2D eigenvalue weighted by Crippen LogP contribution is 2.38. The predicted octanol–water partition coefficient (Wildman–Crippen LogP) is 4.88. The number of carboxylic acid groups (broad SMARTS) is 2. The molecule has 0 fully saturated rings. The van der Waals surface area contributed by atoms with Crippen molar-refractivity contribution in [1.29, 1.82) is 0 Å². The molecule has 2 aromatic rings. The Morgan fingerprint density at radius 1 is 1.00 bits per heavy atom. The first-order chi connectivity index (χ1) is 14.3. The van der Waals surface area contributed by atoms with Crippen molar-refractivity contribution in [3.05, 3.63) is 65.4 Å². The lowest BCUT2D eigenvalue weighted by Gasteiger charge is -2.35. The van der Waals surface area contributed by atoms with Gasteiger partial charge in [0.1, 0.15) is 0 Å². The Morgan fingerprint density at radius 2 is 1.63 bits per heavy atom. The molecule has 1 unspecified atom stereocenters. The average molecular weight is 408 g/mol. The van der Waals surface area contributed by atoms with E-state index in [1.54, 1.807) is 18.2 Å². The maximum Gasteiger partial charge on any atom is 0.336 e. The topological polar surface area (TPSA) is 81.1 Å². The second kappa shape index (κ2) is 8.71. The van der Waals surface area contributed by atoms with Gasteiger partial charge in [0.2, 0.25) is 0 Å². The van der Waals surface area contributed by atoms with Crippen LogP contribution in [-0.2, 0) is 4.79 Å². The standard InChI is InChI=1S/C24H28N2O4/c1-5-14-25-16(4)21(24(29)30)22(15(2)3)26(25)18-12-10-17(11-13-18)19-8-6-7-9-20(19)23(27)28/h6-13,15-16H,5,14H2,1-4H3,(H,27,28)(H,29,30). The summed E-state index contributed by atoms with van der Waals surface area (Å²) in [6.07, 6.45) is 0.892. The Bertz CT molecular complexity index is 979. The van der Waals surface area contributed by atoms with Gasteiger partial charge in [-0.2, -0.15) is 0 Å². The number of allylic oxidation sites excluding steroid dienone is 1. The van der Waals surface area contributed by atoms with Crippen molar-refractivity contribution in [3.8, 4) is 11.1 Å². The van der Waals surface area contributed by atoms with E-state index in [1.165, 1.54) is 0 Å². The lowest BCUT2D eigenvalue weighted by Crippen LogP contribution is -2.43. The van der Waals surface area contributed by atoms with Crippen molar-refractivity contribution in [2.45, 2.75) is 40.2 Å². The molecule has 1 atom stereocenters. The summed E-state index contributed by atoms with van der Waals surface area (Å²) in [4.78, 5) is 23.6. The molecule has 0 radical (unpaired) electrons. The molecule has 2 aromatic carbocycles. The van der Waals surface area contributed by atoms with Gasteiger partial charge in [-0.1, -0.05) is 51.1 Å². The number of hydrogen-bond acceptors (Lipinski definition) is 4. The van der Waals surface area contributed by atoms with Crippen molar-refractivity contribution in [2.75, 3.05) is 11.6 Å². The minimum absolute atomic E-state index is 0.0350. The molecule has 0 aromatic heterocycles. The van der Waals surface area contributed by atoms with E-state index < -0.39 is 11.9 Å². The van der Waals surface area contributed by atoms with Gasteiger partial charge in [0.15, 0.2) is 0 Å². The Morgan fingerprint density at radius 3 is 2.17 bits per heavy atom. The van der Waals surface area contributed by atoms with E-state index in [9.17, 15) is 19.8 Å². The summed E-state index contributed by atoms with van der Waals surface area (Å²) in [5, 5.41) is 23.5. The van der Waals surface area contributed by atoms with Gasteiger partial charge in [-0.15, -0.1) is 0 Å². The highest BCUT2D eigenvalue weighted by atomic mass is 16.4. The quantitative estimate of drug-likeness (QED) is 0.679. The fourth-order valence-electron chi connectivity index (χ4n) is 4.15. The number of anilines is 1. The largest absolute Gasteiger partial charge is 0.478 e. The van der Waals surface area contributed by atoms with Crippen LogP contribution in [0, 0.1) is 5.92 Å². The number of carbonyl (C=O) groups is 2. The molecule has 0 spiro atoms. The molecular formula is C24H28N2O4.